The van der Waals surface area contributed by atoms with Gasteiger partial charge in [0, 0.05) is 30.7 Å². The van der Waals surface area contributed by atoms with Gasteiger partial charge in [-0.25, -0.2) is 0 Å². The number of fused-ring (bicyclic) bond motifs is 1. The zero-order chi connectivity index (χ0) is 22.5. The number of hydrogen-bond acceptors (Lipinski definition) is 7. The number of furan rings is 1. The first-order chi connectivity index (χ1) is 15.5. The lowest BCUT2D eigenvalue weighted by Gasteiger charge is -2.27. The Morgan fingerprint density at radius 3 is 2.75 bits per heavy atom. The fourth-order valence-electron chi connectivity index (χ4n) is 4.22. The van der Waals surface area contributed by atoms with Crippen molar-refractivity contribution in [1.29, 1.82) is 0 Å². The number of nitro groups is 1. The van der Waals surface area contributed by atoms with Gasteiger partial charge in [0.25, 0.3) is 6.20 Å². The zero-order valence-corrected chi connectivity index (χ0v) is 17.8. The number of carbonyl (C=O) groups is 2. The van der Waals surface area contributed by atoms with Crippen LogP contribution in [-0.2, 0) is 9.59 Å². The van der Waals surface area contributed by atoms with Crippen LogP contribution in [0.3, 0.4) is 0 Å². The summed E-state index contributed by atoms with van der Waals surface area (Å²) in [6, 6.07) is 6.47. The smallest absolute Gasteiger partial charge is 0.274 e. The Morgan fingerprint density at radius 2 is 1.97 bits per heavy atom. The molecule has 4 rings (SSSR count). The number of hydrogen-bond donors (Lipinski definition) is 2. The van der Waals surface area contributed by atoms with Crippen LogP contribution in [-0.4, -0.2) is 58.8 Å². The van der Waals surface area contributed by atoms with Gasteiger partial charge in [-0.15, -0.1) is 0 Å². The minimum absolute atomic E-state index is 0.0379. The molecule has 2 fully saturated rings. The highest BCUT2D eigenvalue weighted by Crippen LogP contribution is 2.21. The van der Waals surface area contributed by atoms with Gasteiger partial charge in [0.2, 0.25) is 11.8 Å². The van der Waals surface area contributed by atoms with Gasteiger partial charge in [0.05, 0.1) is 17.7 Å². The summed E-state index contributed by atoms with van der Waals surface area (Å²) >= 11 is 0. The Labute approximate surface area is 185 Å². The molecule has 32 heavy (non-hydrogen) atoms. The van der Waals surface area contributed by atoms with Gasteiger partial charge in [-0.2, -0.15) is 0 Å². The molecule has 2 amide bonds. The highest BCUT2D eigenvalue weighted by atomic mass is 16.6. The van der Waals surface area contributed by atoms with Crippen molar-refractivity contribution in [2.75, 3.05) is 31.5 Å². The van der Waals surface area contributed by atoms with Crippen LogP contribution in [0.2, 0.25) is 0 Å². The van der Waals surface area contributed by atoms with Crippen molar-refractivity contribution in [3.63, 3.8) is 0 Å². The van der Waals surface area contributed by atoms with Crippen LogP contribution in [0, 0.1) is 10.1 Å². The van der Waals surface area contributed by atoms with Crippen molar-refractivity contribution in [3.05, 3.63) is 52.7 Å². The molecule has 1 atom stereocenters. The minimum atomic E-state index is -0.653. The number of likely N-dealkylation sites (tertiary alicyclic amines) is 2. The molecule has 10 heteroatoms. The van der Waals surface area contributed by atoms with Crippen LogP contribution in [0.15, 0.2) is 47.0 Å². The van der Waals surface area contributed by atoms with Crippen LogP contribution < -0.4 is 10.6 Å². The van der Waals surface area contributed by atoms with Crippen molar-refractivity contribution < 1.29 is 18.9 Å². The molecule has 10 nitrogen and oxygen atoms in total. The van der Waals surface area contributed by atoms with Gasteiger partial charge in [0.1, 0.15) is 11.6 Å². The van der Waals surface area contributed by atoms with Gasteiger partial charge in [0.15, 0.2) is 5.82 Å². The van der Waals surface area contributed by atoms with Gasteiger partial charge in [-0.3, -0.25) is 19.7 Å². The average molecular weight is 441 g/mol. The van der Waals surface area contributed by atoms with Crippen molar-refractivity contribution >= 4 is 28.5 Å². The second-order valence-electron chi connectivity index (χ2n) is 8.17. The monoisotopic (exact) mass is 441 g/mol. The number of anilines is 1. The van der Waals surface area contributed by atoms with Crippen molar-refractivity contribution in [1.82, 2.24) is 15.1 Å². The van der Waals surface area contributed by atoms with E-state index in [1.54, 1.807) is 34.3 Å². The first-order valence-corrected chi connectivity index (χ1v) is 10.9. The largest absolute Gasteiger partial charge is 0.464 e. The molecule has 0 radical (unpaired) electrons. The number of nitrogens with zero attached hydrogens (tertiary/aromatic N) is 3. The summed E-state index contributed by atoms with van der Waals surface area (Å²) in [4.78, 5) is 39.7. The first kappa shape index (κ1) is 21.7. The summed E-state index contributed by atoms with van der Waals surface area (Å²) in [5.74, 6) is -0.135. The maximum absolute atomic E-state index is 13.2. The normalized spacial score (nSPS) is 19.8. The quantitative estimate of drug-likeness (QED) is 0.500. The maximum atomic E-state index is 13.2. The molecule has 1 unspecified atom stereocenters. The fourth-order valence-corrected chi connectivity index (χ4v) is 4.22. The summed E-state index contributed by atoms with van der Waals surface area (Å²) in [6.45, 7) is 2.04. The van der Waals surface area contributed by atoms with Gasteiger partial charge in [-0.1, -0.05) is 0 Å². The van der Waals surface area contributed by atoms with Crippen molar-refractivity contribution in [2.45, 2.75) is 38.1 Å². The SMILES string of the molecule is O=C(CN1CCCCC(N/C(=C\[N+](=O)[O-])Nc2ccc3occc3c2)C1=O)N1CCCC1. The van der Waals surface area contributed by atoms with Crippen molar-refractivity contribution in [2.24, 2.45) is 0 Å². The van der Waals surface area contributed by atoms with E-state index in [0.29, 0.717) is 24.2 Å². The Morgan fingerprint density at radius 1 is 1.19 bits per heavy atom. The van der Waals surface area contributed by atoms with E-state index in [1.165, 1.54) is 0 Å². The zero-order valence-electron chi connectivity index (χ0n) is 17.8. The number of amides is 2. The summed E-state index contributed by atoms with van der Waals surface area (Å²) in [6.07, 6.45) is 6.48. The summed E-state index contributed by atoms with van der Waals surface area (Å²) < 4.78 is 5.32. The molecule has 2 aromatic rings. The standard InChI is InChI=1S/C22H27N5O5/c28-21(25-9-3-4-10-25)15-26-11-2-1-5-18(22(26)29)24-20(14-27(30)31)23-17-6-7-19-16(13-17)8-12-32-19/h6-8,12-14,18,23-24H,1-5,9-11,15H2/b20-14-. The Kier molecular flexibility index (Phi) is 6.58. The number of carbonyl (C=O) groups excluding carboxylic acids is 2. The van der Waals surface area contributed by atoms with Crippen LogP contribution >= 0.6 is 0 Å². The van der Waals surface area contributed by atoms with Gasteiger partial charge >= 0.3 is 0 Å². The van der Waals surface area contributed by atoms with E-state index in [-0.39, 0.29) is 24.2 Å². The van der Waals surface area contributed by atoms with Crippen LogP contribution in [0.5, 0.6) is 0 Å². The summed E-state index contributed by atoms with van der Waals surface area (Å²) in [5.41, 5.74) is 1.34. The molecular formula is C22H27N5O5. The number of rotatable bonds is 7. The van der Waals surface area contributed by atoms with Crippen LogP contribution in [0.25, 0.3) is 11.0 Å². The average Bonchev–Trinajstić information content (AvgIpc) is 3.42. The Balaban J connectivity index is 1.46. The molecule has 3 heterocycles. The second-order valence-corrected chi connectivity index (χ2v) is 8.17. The predicted octanol–water partition coefficient (Wildman–Crippen LogP) is 2.51. The third-order valence-corrected chi connectivity index (χ3v) is 5.86. The highest BCUT2D eigenvalue weighted by Gasteiger charge is 2.30. The van der Waals surface area contributed by atoms with Gasteiger partial charge in [-0.05, 0) is 56.4 Å². The number of benzene rings is 1. The lowest BCUT2D eigenvalue weighted by Crippen LogP contribution is -2.49. The molecular weight excluding hydrogens is 414 g/mol. The van der Waals surface area contributed by atoms with E-state index in [1.807, 2.05) is 6.07 Å². The molecule has 2 saturated heterocycles. The molecule has 2 aliphatic rings. The predicted molar refractivity (Wildman–Crippen MR) is 118 cm³/mol. The molecule has 170 valence electrons. The van der Waals surface area contributed by atoms with Gasteiger partial charge < -0.3 is 24.9 Å². The molecule has 1 aromatic heterocycles. The van der Waals surface area contributed by atoms with Crippen LogP contribution in [0.1, 0.15) is 32.1 Å². The molecule has 0 spiro atoms. The summed E-state index contributed by atoms with van der Waals surface area (Å²) in [7, 11) is 0. The molecule has 2 aliphatic heterocycles. The molecule has 0 saturated carbocycles. The van der Waals surface area contributed by atoms with E-state index in [9.17, 15) is 19.7 Å². The molecule has 1 aromatic carbocycles. The van der Waals surface area contributed by atoms with E-state index < -0.39 is 11.0 Å². The molecule has 2 N–H and O–H groups in total. The Bertz CT molecular complexity index is 1030. The molecule has 0 aliphatic carbocycles. The van der Waals surface area contributed by atoms with E-state index in [4.69, 9.17) is 4.42 Å². The number of nitrogens with one attached hydrogen (secondary N) is 2. The van der Waals surface area contributed by atoms with E-state index >= 15 is 0 Å². The van der Waals surface area contributed by atoms with Crippen LogP contribution in [0.4, 0.5) is 5.69 Å². The third kappa shape index (κ3) is 5.19. The topological polar surface area (TPSA) is 121 Å². The highest BCUT2D eigenvalue weighted by molar-refractivity contribution is 5.88. The maximum Gasteiger partial charge on any atom is 0.274 e. The fraction of sp³-hybridized carbons (Fsp3) is 0.455. The lowest BCUT2D eigenvalue weighted by molar-refractivity contribution is -0.403. The van der Waals surface area contributed by atoms with E-state index in [0.717, 1.165) is 50.4 Å². The Hall–Kier alpha value is -3.56. The van der Waals surface area contributed by atoms with E-state index in [2.05, 4.69) is 10.6 Å². The van der Waals surface area contributed by atoms with Crippen molar-refractivity contribution in [3.8, 4) is 0 Å². The lowest BCUT2D eigenvalue weighted by atomic mass is 10.1. The summed E-state index contributed by atoms with van der Waals surface area (Å²) in [5, 5.41) is 18.1. The molecule has 0 bridgehead atoms. The second kappa shape index (κ2) is 9.71. The third-order valence-electron chi connectivity index (χ3n) is 5.86. The first-order valence-electron chi connectivity index (χ1n) is 10.9. The minimum Gasteiger partial charge on any atom is -0.464 e.